The van der Waals surface area contributed by atoms with Crippen molar-refractivity contribution in [1.29, 1.82) is 0 Å². The van der Waals surface area contributed by atoms with Crippen LogP contribution in [0.1, 0.15) is 331 Å². The van der Waals surface area contributed by atoms with E-state index in [0.717, 1.165) is 120 Å². The normalized spacial score (nSPS) is 15.0. The molecule has 0 bridgehead atoms. The summed E-state index contributed by atoms with van der Waals surface area (Å²) in [6.45, 7) is 14.1. The third kappa shape index (κ3) is 60.1. The highest BCUT2D eigenvalue weighted by molar-refractivity contribution is 7.47. The number of hydrogen-bond donors (Lipinski definition) is 3. The Bertz CT molecular complexity index is 1730. The number of hydrogen-bond acceptors (Lipinski definition) is 15. The van der Waals surface area contributed by atoms with Gasteiger partial charge < -0.3 is 33.8 Å². The fraction of sp³-hybridized carbons (Fsp3) is 0.941. The number of aliphatic hydroxyl groups excluding tert-OH is 1. The van der Waals surface area contributed by atoms with Crippen LogP contribution in [0.3, 0.4) is 0 Å². The smallest absolute Gasteiger partial charge is 0.462 e. The quantitative estimate of drug-likeness (QED) is 0.0222. The monoisotopic (exact) mass is 1280 g/mol. The highest BCUT2D eigenvalue weighted by Gasteiger charge is 2.30. The van der Waals surface area contributed by atoms with Crippen LogP contribution in [-0.4, -0.2) is 96.7 Å². The van der Waals surface area contributed by atoms with Crippen molar-refractivity contribution in [3.8, 4) is 0 Å². The molecule has 0 radical (unpaired) electrons. The third-order valence-electron chi connectivity index (χ3n) is 16.3. The van der Waals surface area contributed by atoms with Crippen molar-refractivity contribution in [3.05, 3.63) is 0 Å². The van der Waals surface area contributed by atoms with Crippen LogP contribution in [0.2, 0.25) is 0 Å². The summed E-state index contributed by atoms with van der Waals surface area (Å²) in [7, 11) is -9.90. The highest BCUT2D eigenvalue weighted by atomic mass is 31.2. The average Bonchev–Trinajstić information content (AvgIpc) is 3.51. The zero-order valence-corrected chi connectivity index (χ0v) is 58.4. The first kappa shape index (κ1) is 85.1. The van der Waals surface area contributed by atoms with Crippen molar-refractivity contribution in [3.63, 3.8) is 0 Å². The second kappa shape index (κ2) is 57.9. The third-order valence-corrected chi connectivity index (χ3v) is 18.2. The molecule has 0 fully saturated rings. The maximum Gasteiger partial charge on any atom is 0.472 e. The summed E-state index contributed by atoms with van der Waals surface area (Å²) in [5, 5.41) is 10.6. The fourth-order valence-corrected chi connectivity index (χ4v) is 11.7. The van der Waals surface area contributed by atoms with E-state index in [2.05, 4.69) is 55.4 Å². The van der Waals surface area contributed by atoms with Crippen LogP contribution in [-0.2, 0) is 65.4 Å². The van der Waals surface area contributed by atoms with Gasteiger partial charge in [-0.05, 0) is 49.4 Å². The molecule has 17 nitrogen and oxygen atoms in total. The van der Waals surface area contributed by atoms with E-state index in [1.807, 2.05) is 0 Å². The Hall–Kier alpha value is -1.94. The number of aliphatic hydroxyl groups is 1. The Balaban J connectivity index is 5.27. The first-order valence-corrected chi connectivity index (χ1v) is 38.3. The largest absolute Gasteiger partial charge is 0.472 e. The molecule has 0 saturated carbocycles. The SMILES string of the molecule is CCC(C)CCCCCCCCCCC(=O)O[C@H](COC(=O)CCCCCCCCC(C)CC)COP(=O)(O)OCC(O)COP(=O)(O)OC[C@@H](COC(=O)CCCCCCCCCCC(C)C)OC(=O)CCCCCCCCCCCCCC(C)C. The summed E-state index contributed by atoms with van der Waals surface area (Å²) in [5.74, 6) is 0.857. The average molecular weight is 1280 g/mol. The van der Waals surface area contributed by atoms with Crippen LogP contribution in [0.4, 0.5) is 0 Å². The number of carbonyl (C=O) groups excluding carboxylic acids is 4. The van der Waals surface area contributed by atoms with Crippen LogP contribution in [0.15, 0.2) is 0 Å². The standard InChI is InChI=1S/C68H132O17P2/c1-9-60(7)46-38-30-22-17-19-25-35-43-51-68(73)85-64(55-79-66(71)49-41-33-27-26-31-39-47-61(8)10-2)57-83-87(76,77)81-53-62(69)52-80-86(74,75)82-56-63(54-78-65(70)48-40-32-23-18-16-21-29-37-45-59(5)6)84-67(72)50-42-34-24-15-13-11-12-14-20-28-36-44-58(3)4/h58-64,69H,9-57H2,1-8H3,(H,74,75)(H,76,77)/t60?,61?,62?,63-,64-/m1/s1. The van der Waals surface area contributed by atoms with Gasteiger partial charge in [0.2, 0.25) is 0 Å². The Morgan fingerprint density at radius 1 is 0.322 bits per heavy atom. The molecular formula is C68H132O17P2. The number of phosphoric ester groups is 2. The van der Waals surface area contributed by atoms with E-state index in [9.17, 15) is 43.2 Å². The number of rotatable bonds is 65. The van der Waals surface area contributed by atoms with Crippen LogP contribution in [0.5, 0.6) is 0 Å². The van der Waals surface area contributed by atoms with E-state index in [0.29, 0.717) is 25.7 Å². The topological polar surface area (TPSA) is 237 Å². The first-order chi connectivity index (χ1) is 41.7. The van der Waals surface area contributed by atoms with Crippen molar-refractivity contribution in [2.45, 2.75) is 350 Å². The van der Waals surface area contributed by atoms with Gasteiger partial charge in [-0.3, -0.25) is 37.3 Å². The number of esters is 4. The molecule has 0 heterocycles. The molecule has 0 spiro atoms. The summed E-state index contributed by atoms with van der Waals surface area (Å²) in [6.07, 6.45) is 38.9. The molecule has 516 valence electrons. The number of ether oxygens (including phenoxy) is 4. The van der Waals surface area contributed by atoms with Gasteiger partial charge in [-0.1, -0.05) is 280 Å². The van der Waals surface area contributed by atoms with E-state index >= 15 is 0 Å². The van der Waals surface area contributed by atoms with Gasteiger partial charge in [-0.2, -0.15) is 0 Å². The van der Waals surface area contributed by atoms with Crippen LogP contribution >= 0.6 is 15.6 Å². The van der Waals surface area contributed by atoms with Crippen LogP contribution < -0.4 is 0 Å². The Kier molecular flexibility index (Phi) is 56.6. The zero-order valence-electron chi connectivity index (χ0n) is 56.6. The highest BCUT2D eigenvalue weighted by Crippen LogP contribution is 2.45. The zero-order chi connectivity index (χ0) is 64.7. The number of phosphoric acid groups is 2. The molecule has 0 aliphatic heterocycles. The maximum atomic E-state index is 13.0. The lowest BCUT2D eigenvalue weighted by atomic mass is 9.99. The Morgan fingerprint density at radius 2 is 0.552 bits per heavy atom. The molecule has 7 atom stereocenters. The summed E-state index contributed by atoms with van der Waals surface area (Å²) in [4.78, 5) is 72.4. The van der Waals surface area contributed by atoms with Crippen molar-refractivity contribution in [1.82, 2.24) is 0 Å². The van der Waals surface area contributed by atoms with Gasteiger partial charge in [0.25, 0.3) is 0 Å². The summed E-state index contributed by atoms with van der Waals surface area (Å²) in [6, 6.07) is 0. The van der Waals surface area contributed by atoms with Gasteiger partial charge in [0.15, 0.2) is 12.2 Å². The molecule has 87 heavy (non-hydrogen) atoms. The second-order valence-electron chi connectivity index (χ2n) is 26.0. The van der Waals surface area contributed by atoms with E-state index in [4.69, 9.17) is 37.0 Å². The lowest BCUT2D eigenvalue weighted by molar-refractivity contribution is -0.161. The lowest BCUT2D eigenvalue weighted by Crippen LogP contribution is -2.30. The van der Waals surface area contributed by atoms with Gasteiger partial charge in [-0.15, -0.1) is 0 Å². The molecule has 0 aromatic heterocycles. The van der Waals surface area contributed by atoms with Gasteiger partial charge in [0, 0.05) is 25.7 Å². The van der Waals surface area contributed by atoms with Gasteiger partial charge in [0.05, 0.1) is 26.4 Å². The lowest BCUT2D eigenvalue weighted by Gasteiger charge is -2.21. The minimum Gasteiger partial charge on any atom is -0.462 e. The molecular weight excluding hydrogens is 1150 g/mol. The molecule has 0 aliphatic carbocycles. The molecule has 0 amide bonds. The van der Waals surface area contributed by atoms with E-state index in [1.54, 1.807) is 0 Å². The maximum absolute atomic E-state index is 13.0. The van der Waals surface area contributed by atoms with Crippen LogP contribution in [0, 0.1) is 23.7 Å². The molecule has 0 rings (SSSR count). The number of carbonyl (C=O) groups is 4. The predicted octanol–water partition coefficient (Wildman–Crippen LogP) is 18.9. The van der Waals surface area contributed by atoms with Crippen molar-refractivity contribution in [2.75, 3.05) is 39.6 Å². The van der Waals surface area contributed by atoms with E-state index < -0.39 is 97.5 Å². The van der Waals surface area contributed by atoms with Gasteiger partial charge in [-0.25, -0.2) is 9.13 Å². The minimum absolute atomic E-state index is 0.103. The second-order valence-corrected chi connectivity index (χ2v) is 28.9. The molecule has 5 unspecified atom stereocenters. The van der Waals surface area contributed by atoms with Crippen molar-refractivity contribution >= 4 is 39.5 Å². The molecule has 0 aromatic carbocycles. The van der Waals surface area contributed by atoms with Crippen molar-refractivity contribution in [2.24, 2.45) is 23.7 Å². The van der Waals surface area contributed by atoms with E-state index in [1.165, 1.54) is 128 Å². The first-order valence-electron chi connectivity index (χ1n) is 35.3. The fourth-order valence-electron chi connectivity index (χ4n) is 10.1. The molecule has 3 N–H and O–H groups in total. The number of unbranched alkanes of at least 4 members (excludes halogenated alkanes) is 29. The minimum atomic E-state index is -4.95. The summed E-state index contributed by atoms with van der Waals surface area (Å²) in [5.41, 5.74) is 0. The summed E-state index contributed by atoms with van der Waals surface area (Å²) >= 11 is 0. The predicted molar refractivity (Wildman–Crippen MR) is 349 cm³/mol. The van der Waals surface area contributed by atoms with Crippen molar-refractivity contribution < 1.29 is 80.2 Å². The molecule has 0 aliphatic rings. The molecule has 0 aromatic rings. The van der Waals surface area contributed by atoms with Gasteiger partial charge >= 0.3 is 39.5 Å². The molecule has 0 saturated heterocycles. The Morgan fingerprint density at radius 3 is 0.816 bits per heavy atom. The molecule has 19 heteroatoms. The summed E-state index contributed by atoms with van der Waals surface area (Å²) < 4.78 is 68.2. The van der Waals surface area contributed by atoms with Gasteiger partial charge in [0.1, 0.15) is 19.3 Å². The van der Waals surface area contributed by atoms with E-state index in [-0.39, 0.29) is 25.7 Å². The van der Waals surface area contributed by atoms with Crippen LogP contribution in [0.25, 0.3) is 0 Å². The Labute approximate surface area is 530 Å².